The number of nitrogens with zero attached hydrogens (tertiary/aromatic N) is 2. The van der Waals surface area contributed by atoms with Gasteiger partial charge in [0.2, 0.25) is 0 Å². The zero-order valence-corrected chi connectivity index (χ0v) is 14.6. The Morgan fingerprint density at radius 1 is 1.19 bits per heavy atom. The van der Waals surface area contributed by atoms with E-state index >= 15 is 0 Å². The molecule has 0 bridgehead atoms. The molecule has 1 heterocycles. The number of amides is 1. The van der Waals surface area contributed by atoms with Crippen LogP contribution in [0.15, 0.2) is 36.5 Å². The van der Waals surface area contributed by atoms with E-state index in [1.165, 1.54) is 12.8 Å². The summed E-state index contributed by atoms with van der Waals surface area (Å²) in [5.41, 5.74) is 1.30. The number of para-hydroxylation sites is 1. The van der Waals surface area contributed by atoms with Gasteiger partial charge in [-0.05, 0) is 43.7 Å². The number of hydrogen-bond acceptors (Lipinski definition) is 4. The van der Waals surface area contributed by atoms with Crippen molar-refractivity contribution in [2.75, 3.05) is 13.1 Å². The Hall–Kier alpha value is -2.47. The molecule has 0 spiro atoms. The molecule has 26 heavy (non-hydrogen) atoms. The molecule has 2 aromatic rings. The summed E-state index contributed by atoms with van der Waals surface area (Å²) in [6, 6.07) is 9.76. The van der Waals surface area contributed by atoms with Gasteiger partial charge in [0, 0.05) is 30.2 Å². The fourth-order valence-corrected chi connectivity index (χ4v) is 3.70. The Bertz CT molecular complexity index is 823. The topological polar surface area (TPSA) is 82.5 Å². The van der Waals surface area contributed by atoms with Crippen LogP contribution in [0.1, 0.15) is 36.0 Å². The van der Waals surface area contributed by atoms with Gasteiger partial charge in [-0.2, -0.15) is 0 Å². The first kappa shape index (κ1) is 17.0. The minimum absolute atomic E-state index is 0.0923. The molecule has 2 aliphatic rings. The lowest BCUT2D eigenvalue weighted by Gasteiger charge is -2.42. The molecule has 2 aliphatic carbocycles. The first-order chi connectivity index (χ1) is 12.6. The maximum Gasteiger partial charge on any atom is 0.317 e. The molecular weight excluding hydrogens is 330 g/mol. The molecule has 0 atom stereocenters. The molecule has 4 rings (SSSR count). The molecule has 1 aromatic heterocycles. The second-order valence-electron chi connectivity index (χ2n) is 7.44. The zero-order chi connectivity index (χ0) is 18.1. The lowest BCUT2D eigenvalue weighted by molar-refractivity contribution is -0.139. The molecule has 0 radical (unpaired) electrons. The molecule has 2 fully saturated rings. The summed E-state index contributed by atoms with van der Waals surface area (Å²) in [6.45, 7) is 0.958. The molecule has 2 N–H and O–H groups in total. The van der Waals surface area contributed by atoms with Crippen molar-refractivity contribution >= 4 is 22.8 Å². The van der Waals surface area contributed by atoms with Gasteiger partial charge in [-0.15, -0.1) is 0 Å². The first-order valence-corrected chi connectivity index (χ1v) is 9.20. The number of carbonyl (C=O) groups is 2. The summed E-state index contributed by atoms with van der Waals surface area (Å²) in [6.07, 6.45) is 5.72. The van der Waals surface area contributed by atoms with E-state index in [0.29, 0.717) is 17.0 Å². The number of aliphatic carboxylic acids is 1. The summed E-state index contributed by atoms with van der Waals surface area (Å²) in [7, 11) is 0. The number of carbonyl (C=O) groups excluding carboxylic acids is 1. The van der Waals surface area contributed by atoms with Gasteiger partial charge in [-0.3, -0.25) is 19.5 Å². The lowest BCUT2D eigenvalue weighted by atomic mass is 9.85. The highest BCUT2D eigenvalue weighted by Crippen LogP contribution is 2.34. The van der Waals surface area contributed by atoms with Crippen LogP contribution in [-0.4, -0.2) is 52.0 Å². The number of pyridine rings is 1. The zero-order valence-electron chi connectivity index (χ0n) is 14.6. The Labute approximate surface area is 152 Å². The van der Waals surface area contributed by atoms with Crippen molar-refractivity contribution < 1.29 is 14.7 Å². The van der Waals surface area contributed by atoms with Crippen molar-refractivity contribution in [3.8, 4) is 0 Å². The lowest BCUT2D eigenvalue weighted by Crippen LogP contribution is -2.55. The van der Waals surface area contributed by atoms with Crippen molar-refractivity contribution in [3.05, 3.63) is 42.1 Å². The number of nitrogens with one attached hydrogen (secondary N) is 1. The van der Waals surface area contributed by atoms with Gasteiger partial charge in [0.25, 0.3) is 5.91 Å². The average Bonchev–Trinajstić information content (AvgIpc) is 3.40. The maximum atomic E-state index is 12.6. The standard InChI is InChI=1S/C20H23N3O3/c24-18(25)12-23(11-13-6-7-13)16-9-15(10-16)22-20(26)17-5-1-3-14-4-2-8-21-19(14)17/h1-5,8,13,15-16H,6-7,9-12H2,(H,22,26)(H,24,25). The summed E-state index contributed by atoms with van der Waals surface area (Å²) in [4.78, 5) is 30.2. The highest BCUT2D eigenvalue weighted by molar-refractivity contribution is 6.05. The van der Waals surface area contributed by atoms with Gasteiger partial charge in [0.15, 0.2) is 0 Å². The summed E-state index contributed by atoms with van der Waals surface area (Å²) in [5.74, 6) is -0.227. The number of benzene rings is 1. The van der Waals surface area contributed by atoms with Gasteiger partial charge >= 0.3 is 5.97 Å². The number of carboxylic acids is 1. The molecule has 6 nitrogen and oxygen atoms in total. The summed E-state index contributed by atoms with van der Waals surface area (Å²) < 4.78 is 0. The fourth-order valence-electron chi connectivity index (χ4n) is 3.70. The SMILES string of the molecule is O=C(O)CN(CC1CC1)C1CC(NC(=O)c2cccc3cccnc23)C1. The fraction of sp³-hybridized carbons (Fsp3) is 0.450. The largest absolute Gasteiger partial charge is 0.480 e. The summed E-state index contributed by atoms with van der Waals surface area (Å²) >= 11 is 0. The van der Waals surface area contributed by atoms with Gasteiger partial charge in [-0.25, -0.2) is 0 Å². The van der Waals surface area contributed by atoms with E-state index in [1.807, 2.05) is 24.3 Å². The Morgan fingerprint density at radius 2 is 1.96 bits per heavy atom. The number of rotatable bonds is 7. The van der Waals surface area contributed by atoms with Crippen LogP contribution < -0.4 is 5.32 Å². The van der Waals surface area contributed by atoms with Crippen LogP contribution in [0.5, 0.6) is 0 Å². The van der Waals surface area contributed by atoms with Crippen molar-refractivity contribution in [1.82, 2.24) is 15.2 Å². The van der Waals surface area contributed by atoms with Crippen molar-refractivity contribution in [3.63, 3.8) is 0 Å². The monoisotopic (exact) mass is 353 g/mol. The van der Waals surface area contributed by atoms with Crippen LogP contribution >= 0.6 is 0 Å². The number of fused-ring (bicyclic) bond motifs is 1. The van der Waals surface area contributed by atoms with Crippen LogP contribution in [0.2, 0.25) is 0 Å². The van der Waals surface area contributed by atoms with E-state index in [-0.39, 0.29) is 24.5 Å². The third kappa shape index (κ3) is 3.70. The van der Waals surface area contributed by atoms with Crippen molar-refractivity contribution in [2.24, 2.45) is 5.92 Å². The molecule has 0 unspecified atom stereocenters. The average molecular weight is 353 g/mol. The van der Waals surface area contributed by atoms with Crippen molar-refractivity contribution in [1.29, 1.82) is 0 Å². The number of aromatic nitrogens is 1. The molecule has 136 valence electrons. The minimum atomic E-state index is -0.778. The van der Waals surface area contributed by atoms with Gasteiger partial charge in [-0.1, -0.05) is 18.2 Å². The van der Waals surface area contributed by atoms with Crippen molar-refractivity contribution in [2.45, 2.75) is 37.8 Å². The highest BCUT2D eigenvalue weighted by Gasteiger charge is 2.37. The van der Waals surface area contributed by atoms with Gasteiger partial charge in [0.1, 0.15) is 0 Å². The molecule has 0 aliphatic heterocycles. The molecule has 1 aromatic carbocycles. The predicted molar refractivity (Wildman–Crippen MR) is 98.0 cm³/mol. The highest BCUT2D eigenvalue weighted by atomic mass is 16.4. The van der Waals surface area contributed by atoms with E-state index in [4.69, 9.17) is 5.11 Å². The first-order valence-electron chi connectivity index (χ1n) is 9.20. The smallest absolute Gasteiger partial charge is 0.317 e. The van der Waals surface area contributed by atoms with E-state index in [2.05, 4.69) is 15.2 Å². The van der Waals surface area contributed by atoms with E-state index in [9.17, 15) is 9.59 Å². The molecule has 1 amide bonds. The van der Waals surface area contributed by atoms with Crippen LogP contribution in [0.25, 0.3) is 10.9 Å². The second-order valence-corrected chi connectivity index (χ2v) is 7.44. The van der Waals surface area contributed by atoms with Gasteiger partial charge < -0.3 is 10.4 Å². The van der Waals surface area contributed by atoms with Crippen LogP contribution in [0.4, 0.5) is 0 Å². The molecular formula is C20H23N3O3. The molecule has 2 saturated carbocycles. The van der Waals surface area contributed by atoms with E-state index < -0.39 is 5.97 Å². The quantitative estimate of drug-likeness (QED) is 0.798. The van der Waals surface area contributed by atoms with Gasteiger partial charge in [0.05, 0.1) is 17.6 Å². The van der Waals surface area contributed by atoms with Crippen LogP contribution in [0.3, 0.4) is 0 Å². The summed E-state index contributed by atoms with van der Waals surface area (Å²) in [5, 5.41) is 13.2. The Balaban J connectivity index is 1.36. The molecule has 0 saturated heterocycles. The van der Waals surface area contributed by atoms with E-state index in [1.54, 1.807) is 12.3 Å². The number of hydrogen-bond donors (Lipinski definition) is 2. The maximum absolute atomic E-state index is 12.6. The third-order valence-corrected chi connectivity index (χ3v) is 5.37. The Kier molecular flexibility index (Phi) is 4.59. The molecule has 6 heteroatoms. The van der Waals surface area contributed by atoms with Crippen LogP contribution in [0, 0.1) is 5.92 Å². The van der Waals surface area contributed by atoms with Crippen LogP contribution in [-0.2, 0) is 4.79 Å². The minimum Gasteiger partial charge on any atom is -0.480 e. The number of carboxylic acid groups (broad SMARTS) is 1. The Morgan fingerprint density at radius 3 is 2.69 bits per heavy atom. The third-order valence-electron chi connectivity index (χ3n) is 5.37. The second kappa shape index (κ2) is 7.03. The predicted octanol–water partition coefficient (Wildman–Crippen LogP) is 2.29. The van der Waals surface area contributed by atoms with E-state index in [0.717, 1.165) is 24.8 Å². The normalized spacial score (nSPS) is 22.2.